The number of rotatable bonds is 6. The summed E-state index contributed by atoms with van der Waals surface area (Å²) in [4.78, 5) is 24.8. The van der Waals surface area contributed by atoms with Gasteiger partial charge in [-0.15, -0.1) is 5.10 Å². The largest absolute Gasteiger partial charge is 0.338 e. The lowest BCUT2D eigenvalue weighted by Gasteiger charge is -2.56. The predicted molar refractivity (Wildman–Crippen MR) is 115 cm³/mol. The summed E-state index contributed by atoms with van der Waals surface area (Å²) in [7, 11) is 0. The van der Waals surface area contributed by atoms with Crippen molar-refractivity contribution in [3.63, 3.8) is 0 Å². The minimum atomic E-state index is -0.555. The molecule has 0 aliphatic heterocycles. The maximum absolute atomic E-state index is 14.2. The van der Waals surface area contributed by atoms with E-state index in [2.05, 4.69) is 31.5 Å². The molecular formula is C22H28FN7O2. The van der Waals surface area contributed by atoms with Gasteiger partial charge in [-0.1, -0.05) is 0 Å². The van der Waals surface area contributed by atoms with Crippen molar-refractivity contribution in [3.8, 4) is 5.69 Å². The third kappa shape index (κ3) is 4.18. The molecule has 0 spiro atoms. The summed E-state index contributed by atoms with van der Waals surface area (Å²) in [6.07, 6.45) is 7.20. The number of urea groups is 1. The first-order chi connectivity index (χ1) is 15.4. The molecule has 10 heteroatoms. The van der Waals surface area contributed by atoms with Gasteiger partial charge in [-0.05, 0) is 91.8 Å². The number of hydrogen-bond acceptors (Lipinski definition) is 5. The number of benzene rings is 1. The zero-order valence-corrected chi connectivity index (χ0v) is 18.1. The Bertz CT molecular complexity index is 1000. The van der Waals surface area contributed by atoms with Gasteiger partial charge in [0.1, 0.15) is 5.82 Å². The average molecular weight is 442 g/mol. The second kappa shape index (κ2) is 8.14. The van der Waals surface area contributed by atoms with Crippen LogP contribution in [0.3, 0.4) is 0 Å². The van der Waals surface area contributed by atoms with Crippen LogP contribution in [0.2, 0.25) is 0 Å². The number of amides is 3. The molecule has 2 aromatic rings. The molecule has 4 aliphatic rings. The smallest absolute Gasteiger partial charge is 0.315 e. The molecule has 1 heterocycles. The van der Waals surface area contributed by atoms with E-state index >= 15 is 0 Å². The highest BCUT2D eigenvalue weighted by atomic mass is 19.1. The van der Waals surface area contributed by atoms with Crippen molar-refractivity contribution in [2.45, 2.75) is 57.4 Å². The van der Waals surface area contributed by atoms with Gasteiger partial charge in [-0.25, -0.2) is 9.18 Å². The fraction of sp³-hybridized carbons (Fsp3) is 0.591. The minimum Gasteiger partial charge on any atom is -0.338 e. The summed E-state index contributed by atoms with van der Waals surface area (Å²) in [6.45, 7) is 1.90. The Kier molecular flexibility index (Phi) is 5.30. The fourth-order valence-corrected chi connectivity index (χ4v) is 6.26. The highest BCUT2D eigenvalue weighted by Gasteiger charge is 2.51. The molecule has 4 bridgehead atoms. The second-order valence-corrected chi connectivity index (χ2v) is 9.68. The number of tetrazole rings is 1. The normalized spacial score (nSPS) is 27.9. The summed E-state index contributed by atoms with van der Waals surface area (Å²) < 4.78 is 15.6. The Hall–Kier alpha value is -3.04. The highest BCUT2D eigenvalue weighted by molar-refractivity contribution is 5.91. The molecule has 1 aromatic heterocycles. The molecule has 3 N–H and O–H groups in total. The Morgan fingerprint density at radius 1 is 1.16 bits per heavy atom. The number of nitrogens with one attached hydrogen (secondary N) is 3. The van der Waals surface area contributed by atoms with E-state index in [-0.39, 0.29) is 36.1 Å². The van der Waals surface area contributed by atoms with Crippen LogP contribution in [0.4, 0.5) is 14.9 Å². The summed E-state index contributed by atoms with van der Waals surface area (Å²) >= 11 is 0. The van der Waals surface area contributed by atoms with Crippen LogP contribution in [0, 0.1) is 30.5 Å². The van der Waals surface area contributed by atoms with Crippen LogP contribution in [-0.4, -0.2) is 44.2 Å². The quantitative estimate of drug-likeness (QED) is 0.638. The van der Waals surface area contributed by atoms with Crippen molar-refractivity contribution in [2.75, 3.05) is 11.9 Å². The molecule has 0 saturated heterocycles. The first-order valence-corrected chi connectivity index (χ1v) is 11.3. The third-order valence-electron chi connectivity index (χ3n) is 7.15. The molecule has 0 unspecified atom stereocenters. The molecular weight excluding hydrogens is 413 g/mol. The number of carbonyl (C=O) groups is 2. The lowest BCUT2D eigenvalue weighted by atomic mass is 9.53. The van der Waals surface area contributed by atoms with Gasteiger partial charge >= 0.3 is 6.03 Å². The van der Waals surface area contributed by atoms with E-state index in [1.807, 2.05) is 0 Å². The first-order valence-electron chi connectivity index (χ1n) is 11.3. The number of aryl methyl sites for hydroxylation is 1. The molecule has 4 aliphatic carbocycles. The van der Waals surface area contributed by atoms with Crippen molar-refractivity contribution >= 4 is 17.6 Å². The maximum Gasteiger partial charge on any atom is 0.315 e. The van der Waals surface area contributed by atoms with E-state index in [4.69, 9.17) is 0 Å². The van der Waals surface area contributed by atoms with Crippen molar-refractivity contribution < 1.29 is 14.0 Å². The molecule has 32 heavy (non-hydrogen) atoms. The molecule has 4 saturated carbocycles. The van der Waals surface area contributed by atoms with E-state index in [0.29, 0.717) is 11.5 Å². The van der Waals surface area contributed by atoms with Crippen LogP contribution in [0.1, 0.15) is 50.8 Å². The number of hydrogen-bond donors (Lipinski definition) is 3. The van der Waals surface area contributed by atoms with Crippen molar-refractivity contribution in [2.24, 2.45) is 17.8 Å². The minimum absolute atomic E-state index is 0.0421. The van der Waals surface area contributed by atoms with Gasteiger partial charge in [-0.2, -0.15) is 4.68 Å². The van der Waals surface area contributed by atoms with E-state index in [0.717, 1.165) is 37.0 Å². The van der Waals surface area contributed by atoms with E-state index in [9.17, 15) is 14.0 Å². The van der Waals surface area contributed by atoms with Gasteiger partial charge in [-0.3, -0.25) is 4.79 Å². The Morgan fingerprint density at radius 2 is 1.84 bits per heavy atom. The second-order valence-electron chi connectivity index (χ2n) is 9.68. The monoisotopic (exact) mass is 441 g/mol. The van der Waals surface area contributed by atoms with Gasteiger partial charge in [0.05, 0.1) is 11.4 Å². The number of anilines is 1. The lowest BCUT2D eigenvalue weighted by molar-refractivity contribution is -0.116. The van der Waals surface area contributed by atoms with Crippen LogP contribution in [0.5, 0.6) is 0 Å². The van der Waals surface area contributed by atoms with Gasteiger partial charge < -0.3 is 16.0 Å². The van der Waals surface area contributed by atoms with Gasteiger partial charge in [0.25, 0.3) is 0 Å². The molecule has 9 nitrogen and oxygen atoms in total. The molecule has 3 amide bonds. The number of carbonyl (C=O) groups excluding carboxylic acids is 2. The Labute approximate surface area is 185 Å². The topological polar surface area (TPSA) is 114 Å². The summed E-state index contributed by atoms with van der Waals surface area (Å²) in [5.74, 6) is 1.84. The predicted octanol–water partition coefficient (Wildman–Crippen LogP) is 2.71. The zero-order valence-electron chi connectivity index (χ0n) is 18.1. The molecule has 0 atom stereocenters. The summed E-state index contributed by atoms with van der Waals surface area (Å²) in [6, 6.07) is 4.04. The Balaban J connectivity index is 1.12. The van der Waals surface area contributed by atoms with Crippen molar-refractivity contribution in [3.05, 3.63) is 29.8 Å². The van der Waals surface area contributed by atoms with Gasteiger partial charge in [0, 0.05) is 18.5 Å². The number of nitrogens with zero attached hydrogens (tertiary/aromatic N) is 4. The van der Waals surface area contributed by atoms with Crippen LogP contribution < -0.4 is 16.0 Å². The van der Waals surface area contributed by atoms with E-state index in [1.165, 1.54) is 42.1 Å². The highest BCUT2D eigenvalue weighted by Crippen LogP contribution is 2.55. The third-order valence-corrected chi connectivity index (χ3v) is 7.15. The molecule has 0 radical (unpaired) electrons. The Morgan fingerprint density at radius 3 is 2.47 bits per heavy atom. The maximum atomic E-state index is 14.2. The van der Waals surface area contributed by atoms with Crippen LogP contribution in [0.25, 0.3) is 5.69 Å². The average Bonchev–Trinajstić information content (AvgIpc) is 3.14. The van der Waals surface area contributed by atoms with Crippen LogP contribution >= 0.6 is 0 Å². The number of aromatic nitrogens is 4. The zero-order chi connectivity index (χ0) is 22.3. The standard InChI is InChI=1S/C22H28FN7O2/c1-13-27-28-29-30(13)17-2-3-18(23)19(9-17)25-20(31)4-5-24-21(32)26-22-10-14-6-15(11-22)8-16(7-14)12-22/h2-3,9,14-16H,4-8,10-12H2,1H3,(H,25,31)(H2,24,26,32). The first kappa shape index (κ1) is 20.8. The SMILES string of the molecule is Cc1nnnn1-c1ccc(F)c(NC(=O)CCNC(=O)NC23CC4CC(CC(C4)C2)C3)c1. The number of halogens is 1. The fourth-order valence-electron chi connectivity index (χ4n) is 6.26. The van der Waals surface area contributed by atoms with E-state index in [1.54, 1.807) is 6.92 Å². The molecule has 170 valence electrons. The van der Waals surface area contributed by atoms with Crippen molar-refractivity contribution in [1.29, 1.82) is 0 Å². The van der Waals surface area contributed by atoms with Crippen LogP contribution in [0.15, 0.2) is 18.2 Å². The lowest BCUT2D eigenvalue weighted by Crippen LogP contribution is -2.61. The van der Waals surface area contributed by atoms with Crippen LogP contribution in [-0.2, 0) is 4.79 Å². The van der Waals surface area contributed by atoms with Gasteiger partial charge in [0.2, 0.25) is 5.91 Å². The molecule has 6 rings (SSSR count). The van der Waals surface area contributed by atoms with E-state index < -0.39 is 5.82 Å². The summed E-state index contributed by atoms with van der Waals surface area (Å²) in [5.41, 5.74) is 0.511. The van der Waals surface area contributed by atoms with Gasteiger partial charge in [0.15, 0.2) is 5.82 Å². The molecule has 4 fully saturated rings. The molecule has 1 aromatic carbocycles. The van der Waals surface area contributed by atoms with Crippen molar-refractivity contribution in [1.82, 2.24) is 30.8 Å². The summed E-state index contributed by atoms with van der Waals surface area (Å²) in [5, 5.41) is 19.8.